The molecule has 0 amide bonds. The second kappa shape index (κ2) is 10.8. The number of anilines is 3. The molecule has 0 radical (unpaired) electrons. The molecule has 1 saturated carbocycles. The van der Waals surface area contributed by atoms with Crippen molar-refractivity contribution in [1.82, 2.24) is 9.97 Å². The van der Waals surface area contributed by atoms with Gasteiger partial charge in [0.25, 0.3) is 0 Å². The number of methoxy groups -OCH3 is 2. The number of hydrogen-bond acceptors (Lipinski definition) is 6. The van der Waals surface area contributed by atoms with Gasteiger partial charge in [-0.15, -0.1) is 0 Å². The first kappa shape index (κ1) is 21.1. The zero-order valence-electron chi connectivity index (χ0n) is 16.5. The number of nitrogens with one attached hydrogen (secondary N) is 2. The van der Waals surface area contributed by atoms with Gasteiger partial charge in [-0.1, -0.05) is 44.7 Å². The summed E-state index contributed by atoms with van der Waals surface area (Å²) in [6.45, 7) is 4.00. The van der Waals surface area contributed by atoms with Gasteiger partial charge in [-0.3, -0.25) is 0 Å². The van der Waals surface area contributed by atoms with E-state index in [0.29, 0.717) is 28.6 Å². The van der Waals surface area contributed by atoms with E-state index in [1.807, 2.05) is 26.0 Å². The molecule has 27 heavy (non-hydrogen) atoms. The smallest absolute Gasteiger partial charge is 0.229 e. The van der Waals surface area contributed by atoms with Gasteiger partial charge >= 0.3 is 0 Å². The van der Waals surface area contributed by atoms with E-state index in [-0.39, 0.29) is 0 Å². The van der Waals surface area contributed by atoms with Crippen LogP contribution >= 0.6 is 11.6 Å². The summed E-state index contributed by atoms with van der Waals surface area (Å²) in [4.78, 5) is 8.79. The standard InChI is InChI=1S/C18H23ClN4O2.C2H6/c1-24-13-8-9-15(16(10-13)25-2)22-18-20-11-14(19)17(23-18)21-12-6-4-3-5-7-12;1-2/h8-12H,3-7H2,1-2H3,(H2,20,21,22,23);1-2H3. The molecule has 1 aromatic heterocycles. The average molecular weight is 393 g/mol. The van der Waals surface area contributed by atoms with Gasteiger partial charge in [-0.2, -0.15) is 4.98 Å². The Bertz CT molecular complexity index is 721. The normalized spacial score (nSPS) is 14.0. The van der Waals surface area contributed by atoms with Crippen molar-refractivity contribution < 1.29 is 9.47 Å². The van der Waals surface area contributed by atoms with Gasteiger partial charge in [0.05, 0.1) is 26.1 Å². The Kier molecular flexibility index (Phi) is 8.45. The van der Waals surface area contributed by atoms with Crippen LogP contribution in [-0.4, -0.2) is 30.2 Å². The van der Waals surface area contributed by atoms with E-state index in [1.165, 1.54) is 19.3 Å². The number of benzene rings is 1. The Hall–Kier alpha value is -2.21. The lowest BCUT2D eigenvalue weighted by atomic mass is 9.95. The Balaban J connectivity index is 0.00000126. The molecule has 0 bridgehead atoms. The van der Waals surface area contributed by atoms with Crippen LogP contribution in [0.15, 0.2) is 24.4 Å². The molecule has 1 aliphatic carbocycles. The molecule has 148 valence electrons. The van der Waals surface area contributed by atoms with E-state index >= 15 is 0 Å². The van der Waals surface area contributed by atoms with Crippen LogP contribution in [0.3, 0.4) is 0 Å². The van der Waals surface area contributed by atoms with Crippen molar-refractivity contribution in [3.8, 4) is 11.5 Å². The predicted molar refractivity (Wildman–Crippen MR) is 112 cm³/mol. The van der Waals surface area contributed by atoms with Crippen molar-refractivity contribution in [1.29, 1.82) is 0 Å². The van der Waals surface area contributed by atoms with Crippen LogP contribution in [0.25, 0.3) is 0 Å². The Morgan fingerprint density at radius 3 is 2.48 bits per heavy atom. The highest BCUT2D eigenvalue weighted by Gasteiger charge is 2.16. The SMILES string of the molecule is CC.COc1ccc(Nc2ncc(Cl)c(NC3CCCCC3)n2)c(OC)c1. The van der Waals surface area contributed by atoms with Crippen LogP contribution < -0.4 is 20.1 Å². The van der Waals surface area contributed by atoms with Gasteiger partial charge in [0.1, 0.15) is 16.5 Å². The third kappa shape index (κ3) is 5.89. The summed E-state index contributed by atoms with van der Waals surface area (Å²) in [5, 5.41) is 7.15. The minimum absolute atomic E-state index is 0.421. The van der Waals surface area contributed by atoms with E-state index in [2.05, 4.69) is 20.6 Å². The van der Waals surface area contributed by atoms with Crippen molar-refractivity contribution in [2.75, 3.05) is 24.9 Å². The van der Waals surface area contributed by atoms with Crippen LogP contribution in [0, 0.1) is 0 Å². The summed E-state index contributed by atoms with van der Waals surface area (Å²) in [6.07, 6.45) is 7.70. The molecular weight excluding hydrogens is 364 g/mol. The topological polar surface area (TPSA) is 68.3 Å². The van der Waals surface area contributed by atoms with Crippen LogP contribution in [-0.2, 0) is 0 Å². The van der Waals surface area contributed by atoms with Gasteiger partial charge in [-0.05, 0) is 25.0 Å². The third-order valence-corrected chi connectivity index (χ3v) is 4.62. The van der Waals surface area contributed by atoms with Gasteiger partial charge in [0.2, 0.25) is 5.95 Å². The lowest BCUT2D eigenvalue weighted by Gasteiger charge is -2.23. The van der Waals surface area contributed by atoms with Gasteiger partial charge < -0.3 is 20.1 Å². The van der Waals surface area contributed by atoms with Crippen molar-refractivity contribution in [3.63, 3.8) is 0 Å². The van der Waals surface area contributed by atoms with Gasteiger partial charge in [-0.25, -0.2) is 4.98 Å². The zero-order chi connectivity index (χ0) is 19.6. The molecule has 0 aliphatic heterocycles. The molecule has 1 heterocycles. The molecule has 1 aromatic carbocycles. The van der Waals surface area contributed by atoms with Crippen molar-refractivity contribution in [3.05, 3.63) is 29.4 Å². The molecule has 1 fully saturated rings. The minimum Gasteiger partial charge on any atom is -0.497 e. The molecule has 0 spiro atoms. The molecule has 0 unspecified atom stereocenters. The quantitative estimate of drug-likeness (QED) is 0.660. The molecule has 3 rings (SSSR count). The summed E-state index contributed by atoms with van der Waals surface area (Å²) in [7, 11) is 3.23. The summed E-state index contributed by atoms with van der Waals surface area (Å²) in [5.74, 6) is 2.50. The van der Waals surface area contributed by atoms with Crippen molar-refractivity contribution in [2.24, 2.45) is 0 Å². The highest BCUT2D eigenvalue weighted by atomic mass is 35.5. The minimum atomic E-state index is 0.421. The first-order valence-electron chi connectivity index (χ1n) is 9.47. The highest BCUT2D eigenvalue weighted by molar-refractivity contribution is 6.32. The van der Waals surface area contributed by atoms with Crippen molar-refractivity contribution >= 4 is 29.1 Å². The van der Waals surface area contributed by atoms with Crippen LogP contribution in [0.5, 0.6) is 11.5 Å². The second-order valence-corrected chi connectivity index (χ2v) is 6.47. The number of aromatic nitrogens is 2. The third-order valence-electron chi connectivity index (χ3n) is 4.35. The summed E-state index contributed by atoms with van der Waals surface area (Å²) in [5.41, 5.74) is 0.759. The molecule has 1 aliphatic rings. The maximum absolute atomic E-state index is 6.26. The zero-order valence-corrected chi connectivity index (χ0v) is 17.3. The second-order valence-electron chi connectivity index (χ2n) is 6.06. The van der Waals surface area contributed by atoms with Crippen LogP contribution in [0.2, 0.25) is 5.02 Å². The Labute approximate surface area is 166 Å². The number of rotatable bonds is 6. The van der Waals surface area contributed by atoms with Gasteiger partial charge in [0, 0.05) is 12.1 Å². The van der Waals surface area contributed by atoms with E-state index < -0.39 is 0 Å². The molecule has 0 atom stereocenters. The first-order valence-corrected chi connectivity index (χ1v) is 9.85. The summed E-state index contributed by atoms with van der Waals surface area (Å²) < 4.78 is 10.6. The lowest BCUT2D eigenvalue weighted by Crippen LogP contribution is -2.23. The molecule has 6 nitrogen and oxygen atoms in total. The Morgan fingerprint density at radius 1 is 1.07 bits per heavy atom. The van der Waals surface area contributed by atoms with E-state index in [4.69, 9.17) is 21.1 Å². The number of halogens is 1. The maximum Gasteiger partial charge on any atom is 0.229 e. The molecule has 2 aromatic rings. The van der Waals surface area contributed by atoms with Crippen molar-refractivity contribution in [2.45, 2.75) is 52.0 Å². The summed E-state index contributed by atoms with van der Waals surface area (Å²) in [6, 6.07) is 5.94. The lowest BCUT2D eigenvalue weighted by molar-refractivity contribution is 0.395. The molecule has 0 saturated heterocycles. The fourth-order valence-electron chi connectivity index (χ4n) is 2.99. The number of ether oxygens (including phenoxy) is 2. The molecule has 7 heteroatoms. The monoisotopic (exact) mass is 392 g/mol. The van der Waals surface area contributed by atoms with Crippen LogP contribution in [0.4, 0.5) is 17.5 Å². The number of hydrogen-bond donors (Lipinski definition) is 2. The molecule has 2 N–H and O–H groups in total. The first-order chi connectivity index (χ1) is 13.2. The van der Waals surface area contributed by atoms with E-state index in [1.54, 1.807) is 26.5 Å². The van der Waals surface area contributed by atoms with E-state index in [0.717, 1.165) is 24.3 Å². The fraction of sp³-hybridized carbons (Fsp3) is 0.500. The summed E-state index contributed by atoms with van der Waals surface area (Å²) >= 11 is 6.26. The largest absolute Gasteiger partial charge is 0.497 e. The van der Waals surface area contributed by atoms with Gasteiger partial charge in [0.15, 0.2) is 5.82 Å². The molecular formula is C20H29ClN4O2. The fourth-order valence-corrected chi connectivity index (χ4v) is 3.14. The van der Waals surface area contributed by atoms with E-state index in [9.17, 15) is 0 Å². The maximum atomic E-state index is 6.26. The van der Waals surface area contributed by atoms with Crippen LogP contribution in [0.1, 0.15) is 46.0 Å². The predicted octanol–water partition coefficient (Wildman–Crippen LogP) is 5.66. The number of nitrogens with zero attached hydrogens (tertiary/aromatic N) is 2. The Morgan fingerprint density at radius 2 is 1.81 bits per heavy atom. The average Bonchev–Trinajstić information content (AvgIpc) is 2.73. The highest BCUT2D eigenvalue weighted by Crippen LogP contribution is 2.32.